The molecule has 0 heterocycles. The fourth-order valence-electron chi connectivity index (χ4n) is 0.0722. The van der Waals surface area contributed by atoms with Gasteiger partial charge in [0.1, 0.15) is 18.1 Å². The van der Waals surface area contributed by atoms with E-state index in [0.29, 0.717) is 18.1 Å². The molecule has 0 saturated heterocycles. The second-order valence-electron chi connectivity index (χ2n) is 0.539. The van der Waals surface area contributed by atoms with Crippen LogP contribution < -0.4 is 0 Å². The maximum atomic E-state index is 4.89. The summed E-state index contributed by atoms with van der Waals surface area (Å²) in [6.45, 7) is 0. The maximum absolute atomic E-state index is 4.89. The molecule has 0 nitrogen and oxygen atoms in total. The molecule has 0 unspecified atom stereocenters. The first kappa shape index (κ1) is 5.55. The largest absolute Gasteiger partial charge is 0.147 e. The molecule has 0 aliphatic carbocycles. The lowest BCUT2D eigenvalue weighted by molar-refractivity contribution is 2.97. The van der Waals surface area contributed by atoms with Crippen LogP contribution in [0.2, 0.25) is 0 Å². The van der Waals surface area contributed by atoms with Gasteiger partial charge in [0.2, 0.25) is 0 Å². The summed E-state index contributed by atoms with van der Waals surface area (Å²) in [5.74, 6) is 0. The first-order valence-electron chi connectivity index (χ1n) is 1.33. The number of rotatable bonds is 1. The summed E-state index contributed by atoms with van der Waals surface area (Å²) in [7, 11) is 1.07. The van der Waals surface area contributed by atoms with Gasteiger partial charge in [-0.15, -0.1) is 23.9 Å². The van der Waals surface area contributed by atoms with Crippen LogP contribution in [0.1, 0.15) is 0 Å². The molecular formula is C4H2Si2. The second-order valence-corrected chi connectivity index (χ2v) is 3.12. The fraction of sp³-hybridized carbons (Fsp3) is 0. The van der Waals surface area contributed by atoms with Gasteiger partial charge in [0, 0.05) is 0 Å². The Morgan fingerprint density at radius 3 is 1.50 bits per heavy atom. The van der Waals surface area contributed by atoms with Crippen LogP contribution in [0.3, 0.4) is 0 Å². The summed E-state index contributed by atoms with van der Waals surface area (Å²) in [5, 5.41) is 0. The van der Waals surface area contributed by atoms with Crippen molar-refractivity contribution in [3.05, 3.63) is 0 Å². The Bertz CT molecular complexity index is 79.1. The maximum Gasteiger partial charge on any atom is 0.147 e. The predicted molar refractivity (Wildman–Crippen MR) is 29.2 cm³/mol. The summed E-state index contributed by atoms with van der Waals surface area (Å²) in [5.41, 5.74) is 4.93. The van der Waals surface area contributed by atoms with Gasteiger partial charge in [0.05, 0.1) is 0 Å². The van der Waals surface area contributed by atoms with Crippen molar-refractivity contribution in [1.29, 1.82) is 0 Å². The van der Waals surface area contributed by atoms with Gasteiger partial charge in [0.25, 0.3) is 0 Å². The highest BCUT2D eigenvalue weighted by atomic mass is 29.1. The average Bonchev–Trinajstić information content (AvgIpc) is 1.61. The predicted octanol–water partition coefficient (Wildman–Crippen LogP) is -0.509. The Balaban J connectivity index is 2.78. The molecule has 0 N–H and O–H groups in total. The standard InChI is InChI=1S/C4H2Si2/c1-3-5-6-4-2/h1-2H. The van der Waals surface area contributed by atoms with E-state index in [-0.39, 0.29) is 0 Å². The van der Waals surface area contributed by atoms with E-state index in [4.69, 9.17) is 12.8 Å². The Morgan fingerprint density at radius 2 is 1.33 bits per heavy atom. The molecule has 0 bridgehead atoms. The van der Waals surface area contributed by atoms with Gasteiger partial charge in [0.15, 0.2) is 0 Å². The van der Waals surface area contributed by atoms with E-state index in [1.165, 1.54) is 0 Å². The molecule has 6 heavy (non-hydrogen) atoms. The average molecular weight is 106 g/mol. The molecule has 26 valence electrons. The molecule has 0 aromatic rings. The van der Waals surface area contributed by atoms with E-state index in [2.05, 4.69) is 11.1 Å². The van der Waals surface area contributed by atoms with Crippen LogP contribution in [0.4, 0.5) is 0 Å². The second kappa shape index (κ2) is 4.55. The monoisotopic (exact) mass is 106 g/mol. The van der Waals surface area contributed by atoms with Crippen molar-refractivity contribution in [2.45, 2.75) is 0 Å². The van der Waals surface area contributed by atoms with Gasteiger partial charge in [-0.3, -0.25) is 0 Å². The third kappa shape index (κ3) is 3.55. The summed E-state index contributed by atoms with van der Waals surface area (Å²) in [4.78, 5) is 0. The zero-order valence-corrected chi connectivity index (χ0v) is 5.15. The summed E-state index contributed by atoms with van der Waals surface area (Å²) in [6.07, 6.45) is 9.78. The van der Waals surface area contributed by atoms with Gasteiger partial charge < -0.3 is 0 Å². The molecule has 0 atom stereocenters. The lowest BCUT2D eigenvalue weighted by Crippen LogP contribution is -1.94. The molecule has 0 aliphatic rings. The van der Waals surface area contributed by atoms with E-state index in [0.717, 1.165) is 0 Å². The van der Waals surface area contributed by atoms with Gasteiger partial charge in [-0.05, 0) is 0 Å². The number of hydrogen-bond donors (Lipinski definition) is 0. The Labute approximate surface area is 42.8 Å². The highest BCUT2D eigenvalue weighted by Gasteiger charge is 1.74. The van der Waals surface area contributed by atoms with Gasteiger partial charge in [-0.2, -0.15) is 0 Å². The minimum absolute atomic E-state index is 0.534. The molecule has 0 aromatic heterocycles. The van der Waals surface area contributed by atoms with Crippen LogP contribution in [0.15, 0.2) is 0 Å². The minimum Gasteiger partial charge on any atom is -0.142 e. The van der Waals surface area contributed by atoms with Crippen LogP contribution in [-0.4, -0.2) is 18.1 Å². The van der Waals surface area contributed by atoms with Crippen LogP contribution >= 0.6 is 0 Å². The number of hydrogen-bond acceptors (Lipinski definition) is 0. The molecule has 0 spiro atoms. The van der Waals surface area contributed by atoms with E-state index >= 15 is 0 Å². The minimum atomic E-state index is 0.534. The van der Waals surface area contributed by atoms with Crippen LogP contribution in [0.5, 0.6) is 0 Å². The topological polar surface area (TPSA) is 0 Å². The third-order valence-corrected chi connectivity index (χ3v) is 1.86. The summed E-state index contributed by atoms with van der Waals surface area (Å²) >= 11 is 0. The molecule has 0 aromatic carbocycles. The highest BCUT2D eigenvalue weighted by molar-refractivity contribution is 7.08. The van der Waals surface area contributed by atoms with E-state index < -0.39 is 0 Å². The third-order valence-electron chi connectivity index (χ3n) is 0.207. The van der Waals surface area contributed by atoms with Crippen molar-refractivity contribution in [3.8, 4) is 23.9 Å². The lowest BCUT2D eigenvalue weighted by Gasteiger charge is -1.64. The SMILES string of the molecule is C#C[Si][Si]C#C. The first-order chi connectivity index (χ1) is 2.91. The van der Waals surface area contributed by atoms with Crippen molar-refractivity contribution >= 4 is 18.1 Å². The van der Waals surface area contributed by atoms with Gasteiger partial charge >= 0.3 is 0 Å². The molecule has 0 rings (SSSR count). The molecule has 4 radical (unpaired) electrons. The first-order valence-corrected chi connectivity index (χ1v) is 4.33. The summed E-state index contributed by atoms with van der Waals surface area (Å²) < 4.78 is 0. The Hall–Kier alpha value is -0.446. The Kier molecular flexibility index (Phi) is 4.22. The van der Waals surface area contributed by atoms with Crippen molar-refractivity contribution < 1.29 is 0 Å². The van der Waals surface area contributed by atoms with Gasteiger partial charge in [-0.1, -0.05) is 0 Å². The molecular weight excluding hydrogens is 104 g/mol. The van der Waals surface area contributed by atoms with Crippen molar-refractivity contribution in [2.24, 2.45) is 0 Å². The van der Waals surface area contributed by atoms with Crippen LogP contribution in [-0.2, 0) is 0 Å². The zero-order chi connectivity index (χ0) is 4.83. The van der Waals surface area contributed by atoms with Crippen LogP contribution in [0.25, 0.3) is 0 Å². The van der Waals surface area contributed by atoms with Crippen LogP contribution in [0, 0.1) is 23.9 Å². The summed E-state index contributed by atoms with van der Waals surface area (Å²) in [6, 6.07) is 0. The van der Waals surface area contributed by atoms with E-state index in [9.17, 15) is 0 Å². The van der Waals surface area contributed by atoms with Crippen molar-refractivity contribution in [3.63, 3.8) is 0 Å². The fourth-order valence-corrected chi connectivity index (χ4v) is 0.650. The van der Waals surface area contributed by atoms with Gasteiger partial charge in [-0.25, -0.2) is 0 Å². The van der Waals surface area contributed by atoms with Crippen molar-refractivity contribution in [2.75, 3.05) is 0 Å². The molecule has 0 saturated carbocycles. The molecule has 0 aliphatic heterocycles. The number of terminal acetylenes is 2. The normalized spacial score (nSPS) is 5.67. The smallest absolute Gasteiger partial charge is 0.142 e. The van der Waals surface area contributed by atoms with E-state index in [1.54, 1.807) is 0 Å². The quantitative estimate of drug-likeness (QED) is 0.240. The van der Waals surface area contributed by atoms with E-state index in [1.807, 2.05) is 0 Å². The zero-order valence-electron chi connectivity index (χ0n) is 3.15. The highest BCUT2D eigenvalue weighted by Crippen LogP contribution is 1.45. The lowest BCUT2D eigenvalue weighted by atomic mass is 11.4. The Morgan fingerprint density at radius 1 is 1.00 bits per heavy atom. The molecule has 0 fully saturated rings. The van der Waals surface area contributed by atoms with Crippen molar-refractivity contribution in [1.82, 2.24) is 0 Å². The molecule has 2 heteroatoms. The molecule has 0 amide bonds.